The number of fused-ring (bicyclic) bond motifs is 1. The molecule has 0 aliphatic carbocycles. The number of amides is 1. The summed E-state index contributed by atoms with van der Waals surface area (Å²) in [6, 6.07) is 9.71. The summed E-state index contributed by atoms with van der Waals surface area (Å²) >= 11 is 0. The summed E-state index contributed by atoms with van der Waals surface area (Å²) < 4.78 is -0.351. The van der Waals surface area contributed by atoms with Crippen LogP contribution in [0.15, 0.2) is 36.5 Å². The molecule has 2 aromatic rings. The van der Waals surface area contributed by atoms with Gasteiger partial charge in [0.1, 0.15) is 12.7 Å². The van der Waals surface area contributed by atoms with Crippen molar-refractivity contribution in [2.75, 3.05) is 0 Å². The van der Waals surface area contributed by atoms with Crippen LogP contribution in [0.3, 0.4) is 0 Å². The number of rotatable bonds is 1. The van der Waals surface area contributed by atoms with E-state index in [-0.39, 0.29) is 4.59 Å². The standard InChI is InChI=1S/C15H15N3O2/c1-11-9-12(2)17(16-11)18(15(19)20)8-7-13-5-3-4-6-14(13)10-18/h3-9H,10H2,1-2H3/p+1. The van der Waals surface area contributed by atoms with Crippen LogP contribution in [0.2, 0.25) is 0 Å². The van der Waals surface area contributed by atoms with Crippen molar-refractivity contribution in [2.45, 2.75) is 20.4 Å². The number of quaternary nitrogens is 1. The number of aromatic nitrogens is 2. The molecule has 0 fully saturated rings. The summed E-state index contributed by atoms with van der Waals surface area (Å²) in [4.78, 5) is 13.5. The first kappa shape index (κ1) is 12.6. The molecule has 102 valence electrons. The lowest BCUT2D eigenvalue weighted by atomic mass is 10.0. The van der Waals surface area contributed by atoms with Gasteiger partial charge in [-0.15, -0.1) is 5.10 Å². The van der Waals surface area contributed by atoms with Crippen LogP contribution in [0.5, 0.6) is 0 Å². The largest absolute Gasteiger partial charge is 0.545 e. The van der Waals surface area contributed by atoms with E-state index in [0.717, 1.165) is 22.5 Å². The fraction of sp³-hybridized carbons (Fsp3) is 0.200. The molecule has 0 saturated carbocycles. The summed E-state index contributed by atoms with van der Waals surface area (Å²) in [6.45, 7) is 4.09. The zero-order chi connectivity index (χ0) is 14.3. The van der Waals surface area contributed by atoms with E-state index in [9.17, 15) is 9.90 Å². The number of hydrogen-bond acceptors (Lipinski definition) is 2. The molecule has 0 bridgehead atoms. The predicted molar refractivity (Wildman–Crippen MR) is 76.4 cm³/mol. The van der Waals surface area contributed by atoms with E-state index in [1.165, 1.54) is 0 Å². The minimum Gasteiger partial charge on any atom is -0.433 e. The van der Waals surface area contributed by atoms with Gasteiger partial charge in [0.15, 0.2) is 0 Å². The van der Waals surface area contributed by atoms with Gasteiger partial charge in [-0.05, 0) is 25.5 Å². The average Bonchev–Trinajstić information content (AvgIpc) is 2.77. The Bertz CT molecular complexity index is 718. The summed E-state index contributed by atoms with van der Waals surface area (Å²) in [5.74, 6) is 0. The van der Waals surface area contributed by atoms with Gasteiger partial charge in [-0.2, -0.15) is 4.79 Å². The lowest BCUT2D eigenvalue weighted by Crippen LogP contribution is -2.58. The highest BCUT2D eigenvalue weighted by molar-refractivity contribution is 5.77. The number of aryl methyl sites for hydroxylation is 2. The van der Waals surface area contributed by atoms with Crippen molar-refractivity contribution in [1.82, 2.24) is 14.5 Å². The second-order valence-corrected chi connectivity index (χ2v) is 5.10. The van der Waals surface area contributed by atoms with Crippen molar-refractivity contribution in [2.24, 2.45) is 0 Å². The molecule has 1 unspecified atom stereocenters. The maximum absolute atomic E-state index is 11.9. The molecule has 1 aliphatic heterocycles. The zero-order valence-electron chi connectivity index (χ0n) is 11.4. The highest BCUT2D eigenvalue weighted by atomic mass is 16.4. The first-order valence-corrected chi connectivity index (χ1v) is 6.45. The second-order valence-electron chi connectivity index (χ2n) is 5.10. The van der Waals surface area contributed by atoms with Gasteiger partial charge in [0.25, 0.3) is 0 Å². The number of carbonyl (C=O) groups is 1. The highest BCUT2D eigenvalue weighted by Gasteiger charge is 2.42. The Hall–Kier alpha value is -2.40. The second kappa shape index (κ2) is 4.31. The third kappa shape index (κ3) is 1.75. The third-order valence-corrected chi connectivity index (χ3v) is 3.62. The van der Waals surface area contributed by atoms with Gasteiger partial charge in [0.05, 0.1) is 11.4 Å². The molecule has 1 amide bonds. The summed E-state index contributed by atoms with van der Waals surface area (Å²) in [5, 5.41) is 14.1. The summed E-state index contributed by atoms with van der Waals surface area (Å²) in [5.41, 5.74) is 3.71. The van der Waals surface area contributed by atoms with Gasteiger partial charge in [0, 0.05) is 11.6 Å². The number of hydrogen-bond donors (Lipinski definition) is 1. The molecule has 0 radical (unpaired) electrons. The first-order chi connectivity index (χ1) is 9.53. The number of carboxylic acid groups (broad SMARTS) is 1. The molecule has 1 aromatic carbocycles. The quantitative estimate of drug-likeness (QED) is 0.811. The van der Waals surface area contributed by atoms with E-state index in [0.29, 0.717) is 6.54 Å². The molecule has 1 N–H and O–H groups in total. The summed E-state index contributed by atoms with van der Waals surface area (Å²) in [6.07, 6.45) is 2.59. The van der Waals surface area contributed by atoms with Crippen molar-refractivity contribution >= 4 is 12.2 Å². The van der Waals surface area contributed by atoms with Crippen LogP contribution >= 0.6 is 0 Å². The van der Waals surface area contributed by atoms with Crippen molar-refractivity contribution < 1.29 is 9.90 Å². The molecular weight excluding hydrogens is 254 g/mol. The van der Waals surface area contributed by atoms with Gasteiger partial charge in [0.2, 0.25) is 0 Å². The van der Waals surface area contributed by atoms with Crippen LogP contribution in [-0.2, 0) is 6.54 Å². The Morgan fingerprint density at radius 3 is 2.75 bits per heavy atom. The van der Waals surface area contributed by atoms with Crippen molar-refractivity contribution in [3.8, 4) is 0 Å². The molecule has 1 aliphatic rings. The zero-order valence-corrected chi connectivity index (χ0v) is 11.4. The first-order valence-electron chi connectivity index (χ1n) is 6.45. The van der Waals surface area contributed by atoms with Gasteiger partial charge < -0.3 is 5.11 Å². The fourth-order valence-electron chi connectivity index (χ4n) is 2.68. The Kier molecular flexibility index (Phi) is 2.72. The summed E-state index contributed by atoms with van der Waals surface area (Å²) in [7, 11) is 0. The maximum Gasteiger partial charge on any atom is 0.545 e. The van der Waals surface area contributed by atoms with E-state index in [1.807, 2.05) is 50.3 Å². The number of nitrogens with zero attached hydrogens (tertiary/aromatic N) is 3. The molecule has 0 saturated heterocycles. The van der Waals surface area contributed by atoms with Gasteiger partial charge in [-0.3, -0.25) is 0 Å². The Balaban J connectivity index is 2.18. The molecule has 0 spiro atoms. The minimum absolute atomic E-state index is 0.351. The molecule has 5 heteroatoms. The Morgan fingerprint density at radius 1 is 1.35 bits per heavy atom. The van der Waals surface area contributed by atoms with Crippen LogP contribution < -0.4 is 4.59 Å². The van der Waals surface area contributed by atoms with Gasteiger partial charge in [-0.25, -0.2) is 0 Å². The SMILES string of the molecule is Cc1cc(C)n([N+]2(C(=O)O)C=Cc3ccccc3C2)n1. The smallest absolute Gasteiger partial charge is 0.433 e. The van der Waals surface area contributed by atoms with Crippen LogP contribution in [0.25, 0.3) is 6.08 Å². The lowest BCUT2D eigenvalue weighted by Gasteiger charge is -2.31. The normalized spacial score (nSPS) is 20.7. The molecule has 5 nitrogen and oxygen atoms in total. The maximum atomic E-state index is 11.9. The monoisotopic (exact) mass is 270 g/mol. The minimum atomic E-state index is -0.943. The molecule has 20 heavy (non-hydrogen) atoms. The van der Waals surface area contributed by atoms with E-state index in [4.69, 9.17) is 0 Å². The Morgan fingerprint density at radius 2 is 2.10 bits per heavy atom. The van der Waals surface area contributed by atoms with Crippen molar-refractivity contribution in [1.29, 1.82) is 0 Å². The van der Waals surface area contributed by atoms with Gasteiger partial charge >= 0.3 is 6.09 Å². The van der Waals surface area contributed by atoms with Crippen LogP contribution in [0.4, 0.5) is 4.79 Å². The number of benzene rings is 1. The lowest BCUT2D eigenvalue weighted by molar-refractivity contribution is 0.106. The average molecular weight is 270 g/mol. The fourth-order valence-corrected chi connectivity index (χ4v) is 2.68. The van der Waals surface area contributed by atoms with Crippen LogP contribution in [-0.4, -0.2) is 21.1 Å². The predicted octanol–water partition coefficient (Wildman–Crippen LogP) is 2.80. The molecule has 3 rings (SSSR count). The van der Waals surface area contributed by atoms with E-state index in [2.05, 4.69) is 5.10 Å². The third-order valence-electron chi connectivity index (χ3n) is 3.62. The topological polar surface area (TPSA) is 55.1 Å². The van der Waals surface area contributed by atoms with Crippen molar-refractivity contribution in [3.05, 3.63) is 59.0 Å². The molecule has 2 heterocycles. The van der Waals surface area contributed by atoms with Crippen LogP contribution in [0, 0.1) is 13.8 Å². The van der Waals surface area contributed by atoms with E-state index < -0.39 is 6.09 Å². The van der Waals surface area contributed by atoms with E-state index in [1.54, 1.807) is 11.0 Å². The van der Waals surface area contributed by atoms with Gasteiger partial charge in [-0.1, -0.05) is 33.6 Å². The highest BCUT2D eigenvalue weighted by Crippen LogP contribution is 2.25. The molecule has 1 atom stereocenters. The molecular formula is C15H16N3O2+. The molecule has 1 aromatic heterocycles. The van der Waals surface area contributed by atoms with E-state index >= 15 is 0 Å². The van der Waals surface area contributed by atoms with Crippen LogP contribution in [0.1, 0.15) is 22.5 Å². The Labute approximate surface area is 116 Å². The van der Waals surface area contributed by atoms with Crippen molar-refractivity contribution in [3.63, 3.8) is 0 Å².